The molecule has 26 heavy (non-hydrogen) atoms. The Hall–Kier alpha value is -1.96. The highest BCUT2D eigenvalue weighted by Gasteiger charge is 2.26. The van der Waals surface area contributed by atoms with Gasteiger partial charge < -0.3 is 19.3 Å². The van der Waals surface area contributed by atoms with E-state index >= 15 is 0 Å². The number of rotatable bonds is 6. The van der Waals surface area contributed by atoms with E-state index in [0.717, 1.165) is 75.7 Å². The molecule has 140 valence electrons. The molecule has 0 aromatic carbocycles. The molecule has 1 aliphatic heterocycles. The van der Waals surface area contributed by atoms with Gasteiger partial charge in [-0.2, -0.15) is 0 Å². The lowest BCUT2D eigenvalue weighted by atomic mass is 9.91. The van der Waals surface area contributed by atoms with Gasteiger partial charge in [0.15, 0.2) is 0 Å². The fraction of sp³-hybridized carbons (Fsp3) is 0.579. The van der Waals surface area contributed by atoms with Crippen molar-refractivity contribution in [1.82, 2.24) is 20.4 Å². The van der Waals surface area contributed by atoms with Crippen LogP contribution in [0.3, 0.4) is 0 Å². The minimum Gasteiger partial charge on any atom is -0.481 e. The summed E-state index contributed by atoms with van der Waals surface area (Å²) in [7, 11) is 1.66. The number of ether oxygens (including phenoxy) is 2. The Kier molecular flexibility index (Phi) is 5.48. The second-order valence-electron chi connectivity index (χ2n) is 6.91. The van der Waals surface area contributed by atoms with E-state index in [1.165, 1.54) is 5.56 Å². The molecule has 1 atom stereocenters. The van der Waals surface area contributed by atoms with E-state index in [4.69, 9.17) is 14.0 Å². The first-order chi connectivity index (χ1) is 12.8. The largest absolute Gasteiger partial charge is 0.481 e. The molecule has 1 unspecified atom stereocenters. The highest BCUT2D eigenvalue weighted by atomic mass is 16.5. The van der Waals surface area contributed by atoms with E-state index in [9.17, 15) is 0 Å². The third-order valence-corrected chi connectivity index (χ3v) is 5.22. The molecule has 0 saturated carbocycles. The summed E-state index contributed by atoms with van der Waals surface area (Å²) in [5, 5.41) is 8.01. The third-order valence-electron chi connectivity index (χ3n) is 5.22. The van der Waals surface area contributed by atoms with Crippen molar-refractivity contribution in [2.45, 2.75) is 38.4 Å². The zero-order valence-corrected chi connectivity index (χ0v) is 15.2. The molecule has 1 N–H and O–H groups in total. The molecule has 1 saturated heterocycles. The highest BCUT2D eigenvalue weighted by molar-refractivity contribution is 5.28. The Labute approximate surface area is 153 Å². The van der Waals surface area contributed by atoms with Gasteiger partial charge in [-0.05, 0) is 18.9 Å². The van der Waals surface area contributed by atoms with Crippen molar-refractivity contribution in [3.8, 4) is 5.88 Å². The minimum atomic E-state index is 0.412. The molecule has 0 bridgehead atoms. The van der Waals surface area contributed by atoms with Crippen LogP contribution in [0.25, 0.3) is 0 Å². The first-order valence-corrected chi connectivity index (χ1v) is 9.31. The van der Waals surface area contributed by atoms with Crippen LogP contribution in [0.4, 0.5) is 0 Å². The van der Waals surface area contributed by atoms with Crippen LogP contribution in [0.2, 0.25) is 0 Å². The highest BCUT2D eigenvalue weighted by Crippen LogP contribution is 2.26. The average molecular weight is 358 g/mol. The Morgan fingerprint density at radius 1 is 1.35 bits per heavy atom. The van der Waals surface area contributed by atoms with Crippen molar-refractivity contribution >= 4 is 0 Å². The second kappa shape index (κ2) is 8.16. The van der Waals surface area contributed by atoms with Crippen LogP contribution in [0.5, 0.6) is 5.88 Å². The topological polar surface area (TPSA) is 72.7 Å². The maximum Gasteiger partial charge on any atom is 0.217 e. The molecule has 7 nitrogen and oxygen atoms in total. The smallest absolute Gasteiger partial charge is 0.217 e. The molecule has 0 spiro atoms. The molecule has 2 aromatic rings. The van der Waals surface area contributed by atoms with Crippen LogP contribution in [0, 0.1) is 0 Å². The minimum absolute atomic E-state index is 0.412. The number of fused-ring (bicyclic) bond motifs is 1. The fourth-order valence-electron chi connectivity index (χ4n) is 3.73. The summed E-state index contributed by atoms with van der Waals surface area (Å²) in [4.78, 5) is 6.65. The molecule has 2 aromatic heterocycles. The van der Waals surface area contributed by atoms with Gasteiger partial charge in [0.05, 0.1) is 20.3 Å². The lowest BCUT2D eigenvalue weighted by molar-refractivity contribution is 0.0331. The lowest BCUT2D eigenvalue weighted by Crippen LogP contribution is -2.37. The van der Waals surface area contributed by atoms with E-state index in [1.54, 1.807) is 13.3 Å². The summed E-state index contributed by atoms with van der Waals surface area (Å²) in [5.41, 5.74) is 3.46. The van der Waals surface area contributed by atoms with Gasteiger partial charge in [0.1, 0.15) is 11.5 Å². The number of aryl methyl sites for hydroxylation is 1. The molecular formula is C19H26N4O3. The lowest BCUT2D eigenvalue weighted by Gasteiger charge is -2.27. The zero-order valence-electron chi connectivity index (χ0n) is 15.2. The molecule has 1 fully saturated rings. The molecule has 0 radical (unpaired) electrons. The first kappa shape index (κ1) is 17.5. The van der Waals surface area contributed by atoms with Gasteiger partial charge >= 0.3 is 0 Å². The number of nitrogens with zero attached hydrogens (tertiary/aromatic N) is 3. The van der Waals surface area contributed by atoms with Crippen LogP contribution in [-0.2, 0) is 30.7 Å². The van der Waals surface area contributed by atoms with Crippen molar-refractivity contribution in [2.75, 3.05) is 33.4 Å². The summed E-state index contributed by atoms with van der Waals surface area (Å²) in [6.07, 6.45) is 4.71. The number of hydrogen-bond donors (Lipinski definition) is 1. The maximum absolute atomic E-state index is 5.61. The van der Waals surface area contributed by atoms with Crippen molar-refractivity contribution in [3.05, 3.63) is 40.9 Å². The number of aromatic nitrogens is 2. The monoisotopic (exact) mass is 358 g/mol. The van der Waals surface area contributed by atoms with E-state index < -0.39 is 0 Å². The van der Waals surface area contributed by atoms with E-state index in [0.29, 0.717) is 11.9 Å². The standard InChI is InChI=1S/C19H26N4O3/c1-24-19-14(3-2-6-20-19)12-21-15-4-5-18-16(11-15)17(22-26-18)13-23-7-9-25-10-8-23/h2-3,6,15,21H,4-5,7-13H2,1H3. The Bertz CT molecular complexity index is 727. The van der Waals surface area contributed by atoms with Gasteiger partial charge in [0.2, 0.25) is 5.88 Å². The van der Waals surface area contributed by atoms with E-state index in [-0.39, 0.29) is 0 Å². The SMILES string of the molecule is COc1ncccc1CNC1CCc2onc(CN3CCOCC3)c2C1. The summed E-state index contributed by atoms with van der Waals surface area (Å²) in [6, 6.07) is 4.41. The van der Waals surface area contributed by atoms with Crippen molar-refractivity contribution in [2.24, 2.45) is 0 Å². The van der Waals surface area contributed by atoms with Gasteiger partial charge in [-0.1, -0.05) is 11.2 Å². The van der Waals surface area contributed by atoms with Crippen LogP contribution >= 0.6 is 0 Å². The van der Waals surface area contributed by atoms with Gasteiger partial charge in [-0.25, -0.2) is 4.98 Å². The molecular weight excluding hydrogens is 332 g/mol. The molecule has 1 aliphatic carbocycles. The first-order valence-electron chi connectivity index (χ1n) is 9.31. The van der Waals surface area contributed by atoms with Crippen molar-refractivity contribution in [3.63, 3.8) is 0 Å². The van der Waals surface area contributed by atoms with Crippen LogP contribution < -0.4 is 10.1 Å². The predicted molar refractivity (Wildman–Crippen MR) is 96.0 cm³/mol. The molecule has 3 heterocycles. The number of hydrogen-bond acceptors (Lipinski definition) is 7. The quantitative estimate of drug-likeness (QED) is 0.840. The Morgan fingerprint density at radius 2 is 2.23 bits per heavy atom. The van der Waals surface area contributed by atoms with Crippen molar-refractivity contribution < 1.29 is 14.0 Å². The Morgan fingerprint density at radius 3 is 3.08 bits per heavy atom. The van der Waals surface area contributed by atoms with Crippen LogP contribution in [0.15, 0.2) is 22.9 Å². The average Bonchev–Trinajstić information content (AvgIpc) is 3.09. The summed E-state index contributed by atoms with van der Waals surface area (Å²) in [6.45, 7) is 5.13. The van der Waals surface area contributed by atoms with Gasteiger partial charge in [-0.3, -0.25) is 4.90 Å². The van der Waals surface area contributed by atoms with Gasteiger partial charge in [0, 0.05) is 56.0 Å². The fourth-order valence-corrected chi connectivity index (χ4v) is 3.73. The Balaban J connectivity index is 1.38. The zero-order chi connectivity index (χ0) is 17.8. The predicted octanol–water partition coefficient (Wildman–Crippen LogP) is 1.56. The van der Waals surface area contributed by atoms with E-state index in [1.807, 2.05) is 6.07 Å². The normalized spacial score (nSPS) is 20.7. The summed E-state index contributed by atoms with van der Waals surface area (Å²) in [5.74, 6) is 1.75. The molecule has 4 rings (SSSR count). The van der Waals surface area contributed by atoms with Crippen molar-refractivity contribution in [1.29, 1.82) is 0 Å². The number of nitrogens with one attached hydrogen (secondary N) is 1. The maximum atomic E-state index is 5.61. The van der Waals surface area contributed by atoms with Crippen LogP contribution in [0.1, 0.15) is 29.0 Å². The number of pyridine rings is 1. The number of methoxy groups -OCH3 is 1. The molecule has 7 heteroatoms. The third kappa shape index (κ3) is 3.90. The molecule has 0 amide bonds. The second-order valence-corrected chi connectivity index (χ2v) is 6.91. The van der Waals surface area contributed by atoms with Crippen LogP contribution in [-0.4, -0.2) is 54.5 Å². The summed E-state index contributed by atoms with van der Waals surface area (Å²) >= 11 is 0. The summed E-state index contributed by atoms with van der Waals surface area (Å²) < 4.78 is 16.4. The van der Waals surface area contributed by atoms with E-state index in [2.05, 4.69) is 26.4 Å². The molecule has 2 aliphatic rings. The van der Waals surface area contributed by atoms with Gasteiger partial charge in [-0.15, -0.1) is 0 Å². The number of morpholine rings is 1. The van der Waals surface area contributed by atoms with Gasteiger partial charge in [0.25, 0.3) is 0 Å².